The maximum absolute atomic E-state index is 14.0. The van der Waals surface area contributed by atoms with Gasteiger partial charge in [-0.25, -0.2) is 14.4 Å². The lowest BCUT2D eigenvalue weighted by Crippen LogP contribution is -2.66. The molecule has 0 unspecified atom stereocenters. The van der Waals surface area contributed by atoms with Gasteiger partial charge in [-0.05, 0) is 66.3 Å². The van der Waals surface area contributed by atoms with Crippen LogP contribution in [0, 0.1) is 5.92 Å². The molecule has 3 N–H and O–H groups in total. The highest BCUT2D eigenvalue weighted by molar-refractivity contribution is 6.02. The van der Waals surface area contributed by atoms with Crippen molar-refractivity contribution in [2.45, 2.75) is 63.8 Å². The first-order valence-corrected chi connectivity index (χ1v) is 19.7. The largest absolute Gasteiger partial charge is 0.444 e. The molecule has 11 nitrogen and oxygen atoms in total. The van der Waals surface area contributed by atoms with Crippen molar-refractivity contribution in [3.8, 4) is 0 Å². The van der Waals surface area contributed by atoms with Gasteiger partial charge in [-0.1, -0.05) is 152 Å². The van der Waals surface area contributed by atoms with E-state index in [4.69, 9.17) is 9.47 Å². The fourth-order valence-corrected chi connectivity index (χ4v) is 7.00. The average Bonchev–Trinajstić information content (AvgIpc) is 3.25. The molecule has 0 bridgehead atoms. The van der Waals surface area contributed by atoms with E-state index < -0.39 is 24.1 Å². The van der Waals surface area contributed by atoms with E-state index in [1.165, 1.54) is 4.90 Å². The Morgan fingerprint density at radius 2 is 1.02 bits per heavy atom. The van der Waals surface area contributed by atoms with Crippen molar-refractivity contribution in [2.75, 3.05) is 6.54 Å². The predicted molar refractivity (Wildman–Crippen MR) is 223 cm³/mol. The predicted octanol–water partition coefficient (Wildman–Crippen LogP) is 8.00. The number of benzene rings is 5. The fourth-order valence-electron chi connectivity index (χ4n) is 7.00. The van der Waals surface area contributed by atoms with E-state index >= 15 is 0 Å². The second-order valence-electron chi connectivity index (χ2n) is 14.2. The number of carbonyl (C=O) groups excluding carboxylic acids is 4. The quantitative estimate of drug-likeness (QED) is 0.0402. The van der Waals surface area contributed by atoms with Gasteiger partial charge in [0.1, 0.15) is 13.2 Å². The maximum atomic E-state index is 14.0. The zero-order valence-electron chi connectivity index (χ0n) is 32.4. The monoisotopic (exact) mass is 779 g/mol. The minimum atomic E-state index is -0.805. The number of likely N-dealkylation sites (tertiary alicyclic amines) is 1. The van der Waals surface area contributed by atoms with Gasteiger partial charge in [-0.3, -0.25) is 25.3 Å². The molecule has 1 aliphatic heterocycles. The number of urea groups is 1. The van der Waals surface area contributed by atoms with E-state index in [9.17, 15) is 19.2 Å². The molecule has 1 aliphatic rings. The molecule has 6 rings (SSSR count). The highest BCUT2D eigenvalue weighted by Gasteiger charge is 2.49. The van der Waals surface area contributed by atoms with Crippen LogP contribution >= 0.6 is 0 Å². The fraction of sp³-hybridized carbons (Fsp3) is 0.255. The molecule has 298 valence electrons. The minimum absolute atomic E-state index is 0.0237. The van der Waals surface area contributed by atoms with Gasteiger partial charge in [0, 0.05) is 12.6 Å². The normalized spacial score (nSPS) is 14.5. The molecule has 0 aromatic heterocycles. The van der Waals surface area contributed by atoms with Crippen molar-refractivity contribution in [3.63, 3.8) is 0 Å². The molecule has 1 saturated heterocycles. The van der Waals surface area contributed by atoms with Crippen molar-refractivity contribution < 1.29 is 28.7 Å². The number of imide groups is 1. The summed E-state index contributed by atoms with van der Waals surface area (Å²) in [5, 5.41) is 8.22. The van der Waals surface area contributed by atoms with Gasteiger partial charge in [0.2, 0.25) is 11.9 Å². The molecule has 0 radical (unpaired) electrons. The van der Waals surface area contributed by atoms with Gasteiger partial charge >= 0.3 is 18.2 Å². The van der Waals surface area contributed by atoms with E-state index in [-0.39, 0.29) is 43.7 Å². The number of alkyl carbamates (subject to hydrolysis) is 2. The van der Waals surface area contributed by atoms with Gasteiger partial charge in [0.05, 0.1) is 12.0 Å². The SMILES string of the molecule is O=C(NC(=NCCC[C@H]1C(=O)N(C(=O)NC(Cc2ccccc2)Cc2ccccc2)[C@@H]1CCc1ccccc1)NC(=O)OCc1ccccc1)OCc1ccccc1. The second kappa shape index (κ2) is 21.5. The van der Waals surface area contributed by atoms with Crippen LogP contribution in [0.15, 0.2) is 157 Å². The Morgan fingerprint density at radius 1 is 0.586 bits per heavy atom. The first-order chi connectivity index (χ1) is 28.4. The Hall–Kier alpha value is -6.75. The van der Waals surface area contributed by atoms with Gasteiger partial charge in [0.15, 0.2) is 0 Å². The summed E-state index contributed by atoms with van der Waals surface area (Å²) in [4.78, 5) is 59.1. The zero-order valence-corrected chi connectivity index (χ0v) is 32.4. The number of aryl methyl sites for hydroxylation is 1. The van der Waals surface area contributed by atoms with Crippen molar-refractivity contribution in [1.82, 2.24) is 20.9 Å². The van der Waals surface area contributed by atoms with Crippen molar-refractivity contribution >= 4 is 30.1 Å². The Balaban J connectivity index is 1.10. The lowest BCUT2D eigenvalue weighted by atomic mass is 9.80. The molecule has 0 spiro atoms. The summed E-state index contributed by atoms with van der Waals surface area (Å²) in [7, 11) is 0. The molecule has 58 heavy (non-hydrogen) atoms. The number of hydrogen-bond acceptors (Lipinski definition) is 7. The number of carbonyl (C=O) groups is 4. The van der Waals surface area contributed by atoms with E-state index in [1.54, 1.807) is 0 Å². The molecule has 0 aliphatic carbocycles. The second-order valence-corrected chi connectivity index (χ2v) is 14.2. The summed E-state index contributed by atoms with van der Waals surface area (Å²) >= 11 is 0. The third kappa shape index (κ3) is 12.6. The summed E-state index contributed by atoms with van der Waals surface area (Å²) in [6, 6.07) is 47.5. The number of nitrogens with zero attached hydrogens (tertiary/aromatic N) is 2. The van der Waals surface area contributed by atoms with Crippen LogP contribution in [0.4, 0.5) is 14.4 Å². The zero-order chi connectivity index (χ0) is 40.4. The number of hydrogen-bond donors (Lipinski definition) is 3. The Morgan fingerprint density at radius 3 is 1.48 bits per heavy atom. The van der Waals surface area contributed by atoms with Gasteiger partial charge in [0.25, 0.3) is 0 Å². The van der Waals surface area contributed by atoms with Crippen LogP contribution < -0.4 is 16.0 Å². The van der Waals surface area contributed by atoms with Crippen LogP contribution in [0.2, 0.25) is 0 Å². The molecule has 2 atom stereocenters. The standard InChI is InChI=1S/C47H49N5O6/c53-43-41(27-16-30-48-44(50-46(55)57-33-38-23-12-4-13-24-38)51-47(56)58-34-39-25-14-5-15-26-39)42(29-28-35-17-6-1-7-18-35)52(43)45(54)49-40(31-36-19-8-2-9-20-36)32-37-21-10-3-11-22-37/h1-15,17-26,40-42H,16,27-34H2,(H,49,54)(H2,48,50,51,55,56)/t41-,42-/m1/s1. The van der Waals surface area contributed by atoms with E-state index in [2.05, 4.69) is 20.9 Å². The summed E-state index contributed by atoms with van der Waals surface area (Å²) in [5.41, 5.74) is 4.90. The summed E-state index contributed by atoms with van der Waals surface area (Å²) in [5.74, 6) is -0.772. The van der Waals surface area contributed by atoms with Gasteiger partial charge in [-0.15, -0.1) is 0 Å². The van der Waals surface area contributed by atoms with E-state index in [1.807, 2.05) is 152 Å². The summed E-state index contributed by atoms with van der Waals surface area (Å²) in [6.45, 7) is 0.219. The highest BCUT2D eigenvalue weighted by atomic mass is 16.6. The Bertz CT molecular complexity index is 1980. The number of guanidine groups is 1. The van der Waals surface area contributed by atoms with Crippen molar-refractivity contribution in [1.29, 1.82) is 0 Å². The molecule has 11 heteroatoms. The average molecular weight is 780 g/mol. The van der Waals surface area contributed by atoms with Crippen LogP contribution in [0.1, 0.15) is 47.1 Å². The molecule has 5 amide bonds. The minimum Gasteiger partial charge on any atom is -0.444 e. The van der Waals surface area contributed by atoms with Crippen molar-refractivity contribution in [3.05, 3.63) is 179 Å². The van der Waals surface area contributed by atoms with Crippen molar-refractivity contribution in [2.24, 2.45) is 10.9 Å². The number of aliphatic imine (C=N–C) groups is 1. The number of rotatable bonds is 16. The molecular formula is C47H49N5O6. The van der Waals surface area contributed by atoms with Crippen LogP contribution in [0.5, 0.6) is 0 Å². The number of ether oxygens (including phenoxy) is 2. The lowest BCUT2D eigenvalue weighted by molar-refractivity contribution is -0.151. The number of amides is 5. The molecule has 0 saturated carbocycles. The smallest absolute Gasteiger partial charge is 0.414 e. The Labute approximate surface area is 339 Å². The topological polar surface area (TPSA) is 138 Å². The highest BCUT2D eigenvalue weighted by Crippen LogP contribution is 2.34. The third-order valence-corrected chi connectivity index (χ3v) is 9.93. The number of β-lactam (4-membered cyclic amide) rings is 1. The van der Waals surface area contributed by atoms with Gasteiger partial charge < -0.3 is 14.8 Å². The summed E-state index contributed by atoms with van der Waals surface area (Å²) < 4.78 is 10.7. The molecule has 1 fully saturated rings. The van der Waals surface area contributed by atoms with Crippen LogP contribution in [-0.4, -0.2) is 53.6 Å². The van der Waals surface area contributed by atoms with Gasteiger partial charge in [-0.2, -0.15) is 0 Å². The van der Waals surface area contributed by atoms with Crippen LogP contribution in [-0.2, 0) is 46.7 Å². The lowest BCUT2D eigenvalue weighted by Gasteiger charge is -2.46. The third-order valence-electron chi connectivity index (χ3n) is 9.93. The van der Waals surface area contributed by atoms with Crippen LogP contribution in [0.25, 0.3) is 0 Å². The van der Waals surface area contributed by atoms with Crippen LogP contribution in [0.3, 0.4) is 0 Å². The summed E-state index contributed by atoms with van der Waals surface area (Å²) in [6.07, 6.45) is 1.82. The molecular weight excluding hydrogens is 731 g/mol. The maximum Gasteiger partial charge on any atom is 0.414 e. The van der Waals surface area contributed by atoms with E-state index in [0.29, 0.717) is 38.5 Å². The first kappa shape index (κ1) is 40.9. The Kier molecular flexibility index (Phi) is 15.2. The first-order valence-electron chi connectivity index (χ1n) is 19.7. The molecule has 5 aromatic rings. The number of nitrogens with one attached hydrogen (secondary N) is 3. The molecule has 5 aromatic carbocycles. The van der Waals surface area contributed by atoms with E-state index in [0.717, 1.165) is 27.8 Å². The molecule has 1 heterocycles.